The fraction of sp³-hybridized carbons (Fsp3) is 0.375. The number of hydrogen-bond acceptors (Lipinski definition) is 3. The molecule has 1 saturated carbocycles. The van der Waals surface area contributed by atoms with Crippen molar-refractivity contribution in [3.63, 3.8) is 0 Å². The van der Waals surface area contributed by atoms with Gasteiger partial charge in [-0.1, -0.05) is 98.1 Å². The quantitative estimate of drug-likeness (QED) is 0.315. The van der Waals surface area contributed by atoms with E-state index in [-0.39, 0.29) is 17.9 Å². The first kappa shape index (κ1) is 26.5. The van der Waals surface area contributed by atoms with E-state index in [0.29, 0.717) is 32.4 Å². The van der Waals surface area contributed by atoms with Gasteiger partial charge in [-0.2, -0.15) is 0 Å². The molecular formula is C32H38N2O3. The van der Waals surface area contributed by atoms with Crippen LogP contribution in [0.25, 0.3) is 0 Å². The number of benzene rings is 3. The van der Waals surface area contributed by atoms with Crippen LogP contribution in [0, 0.1) is 0 Å². The number of hydrogen-bond donors (Lipinski definition) is 1. The van der Waals surface area contributed by atoms with Crippen molar-refractivity contribution in [1.82, 2.24) is 10.2 Å². The minimum absolute atomic E-state index is 0.0276. The molecule has 5 heteroatoms. The topological polar surface area (TPSA) is 58.6 Å². The SMILES string of the molecule is O=C(NC1CCCCC1)C(Cc1ccccc1)N(Cc1ccccc1)C(=O)CCCOc1ccccc1. The molecule has 1 unspecified atom stereocenters. The minimum Gasteiger partial charge on any atom is -0.494 e. The predicted molar refractivity (Wildman–Crippen MR) is 147 cm³/mol. The summed E-state index contributed by atoms with van der Waals surface area (Å²) in [7, 11) is 0. The minimum atomic E-state index is -0.577. The van der Waals surface area contributed by atoms with Gasteiger partial charge in [0.25, 0.3) is 0 Å². The van der Waals surface area contributed by atoms with Gasteiger partial charge in [-0.05, 0) is 42.5 Å². The van der Waals surface area contributed by atoms with Crippen LogP contribution in [0.4, 0.5) is 0 Å². The van der Waals surface area contributed by atoms with Crippen LogP contribution in [0.2, 0.25) is 0 Å². The first-order chi connectivity index (χ1) is 18.2. The summed E-state index contributed by atoms with van der Waals surface area (Å²) < 4.78 is 5.81. The Hall–Kier alpha value is -3.60. The third kappa shape index (κ3) is 8.49. The van der Waals surface area contributed by atoms with Gasteiger partial charge in [0.05, 0.1) is 6.61 Å². The second-order valence-corrected chi connectivity index (χ2v) is 9.82. The first-order valence-electron chi connectivity index (χ1n) is 13.5. The number of nitrogens with one attached hydrogen (secondary N) is 1. The lowest BCUT2D eigenvalue weighted by atomic mass is 9.94. The van der Waals surface area contributed by atoms with Crippen LogP contribution in [0.15, 0.2) is 91.0 Å². The van der Waals surface area contributed by atoms with Crippen molar-refractivity contribution in [2.24, 2.45) is 0 Å². The molecule has 0 aromatic heterocycles. The largest absolute Gasteiger partial charge is 0.494 e. The standard InChI is InChI=1S/C32H38N2O3/c35-31(22-13-23-37-29-20-11-4-12-21-29)34(25-27-16-7-2-8-17-27)30(24-26-14-5-1-6-15-26)32(36)33-28-18-9-3-10-19-28/h1-2,4-8,11-12,14-17,20-21,28,30H,3,9-10,13,18-19,22-25H2,(H,33,36). The normalized spacial score (nSPS) is 14.5. The van der Waals surface area contributed by atoms with Gasteiger partial charge in [0.2, 0.25) is 11.8 Å². The highest BCUT2D eigenvalue weighted by Gasteiger charge is 2.31. The van der Waals surface area contributed by atoms with E-state index in [1.54, 1.807) is 4.90 Å². The maximum atomic E-state index is 13.7. The molecule has 37 heavy (non-hydrogen) atoms. The molecule has 3 aromatic rings. The lowest BCUT2D eigenvalue weighted by Crippen LogP contribution is -2.52. The summed E-state index contributed by atoms with van der Waals surface area (Å²) in [6.45, 7) is 0.849. The van der Waals surface area contributed by atoms with Crippen molar-refractivity contribution >= 4 is 11.8 Å². The van der Waals surface area contributed by atoms with Crippen molar-refractivity contribution < 1.29 is 14.3 Å². The monoisotopic (exact) mass is 498 g/mol. The molecule has 0 bridgehead atoms. The Bertz CT molecular complexity index is 1080. The second-order valence-electron chi connectivity index (χ2n) is 9.82. The maximum Gasteiger partial charge on any atom is 0.243 e. The Balaban J connectivity index is 1.50. The van der Waals surface area contributed by atoms with Gasteiger partial charge in [0.1, 0.15) is 11.8 Å². The van der Waals surface area contributed by atoms with Crippen LogP contribution in [0.3, 0.4) is 0 Å². The molecule has 3 aromatic carbocycles. The summed E-state index contributed by atoms with van der Waals surface area (Å²) in [5, 5.41) is 3.29. The molecule has 5 nitrogen and oxygen atoms in total. The van der Waals surface area contributed by atoms with Crippen molar-refractivity contribution in [2.45, 2.75) is 70.0 Å². The van der Waals surface area contributed by atoms with Gasteiger partial charge in [-0.25, -0.2) is 0 Å². The number of carbonyl (C=O) groups is 2. The maximum absolute atomic E-state index is 13.7. The molecule has 0 spiro atoms. The van der Waals surface area contributed by atoms with Gasteiger partial charge in [-0.15, -0.1) is 0 Å². The fourth-order valence-electron chi connectivity index (χ4n) is 4.95. The highest BCUT2D eigenvalue weighted by Crippen LogP contribution is 2.20. The van der Waals surface area contributed by atoms with Crippen LogP contribution in [0.5, 0.6) is 5.75 Å². The highest BCUT2D eigenvalue weighted by atomic mass is 16.5. The van der Waals surface area contributed by atoms with Crippen molar-refractivity contribution in [2.75, 3.05) is 6.61 Å². The highest BCUT2D eigenvalue weighted by molar-refractivity contribution is 5.88. The zero-order valence-corrected chi connectivity index (χ0v) is 21.6. The van der Waals surface area contributed by atoms with Crippen LogP contribution in [-0.4, -0.2) is 35.4 Å². The van der Waals surface area contributed by atoms with Crippen LogP contribution >= 0.6 is 0 Å². The molecular weight excluding hydrogens is 460 g/mol. The average Bonchev–Trinajstić information content (AvgIpc) is 2.95. The second kappa shape index (κ2) is 14.2. The predicted octanol–water partition coefficient (Wildman–Crippen LogP) is 5.93. The molecule has 4 rings (SSSR count). The Labute approximate surface area is 220 Å². The van der Waals surface area contributed by atoms with Gasteiger partial charge in [0.15, 0.2) is 0 Å². The van der Waals surface area contributed by atoms with E-state index in [1.807, 2.05) is 91.0 Å². The summed E-state index contributed by atoms with van der Waals surface area (Å²) in [6.07, 6.45) is 6.91. The number of carbonyl (C=O) groups excluding carboxylic acids is 2. The molecule has 1 N–H and O–H groups in total. The Morgan fingerprint density at radius 1 is 0.811 bits per heavy atom. The van der Waals surface area contributed by atoms with Crippen LogP contribution in [0.1, 0.15) is 56.1 Å². The molecule has 0 radical (unpaired) electrons. The molecule has 0 heterocycles. The van der Waals surface area contributed by atoms with Crippen LogP contribution < -0.4 is 10.1 Å². The molecule has 2 amide bonds. The molecule has 1 fully saturated rings. The summed E-state index contributed by atoms with van der Waals surface area (Å²) >= 11 is 0. The number of rotatable bonds is 12. The Morgan fingerprint density at radius 3 is 2.05 bits per heavy atom. The molecule has 0 aliphatic heterocycles. The fourth-order valence-corrected chi connectivity index (χ4v) is 4.95. The average molecular weight is 499 g/mol. The van der Waals surface area contributed by atoms with Crippen LogP contribution in [-0.2, 0) is 22.6 Å². The van der Waals surface area contributed by atoms with E-state index in [2.05, 4.69) is 5.32 Å². The first-order valence-corrected chi connectivity index (χ1v) is 13.5. The number of amides is 2. The summed E-state index contributed by atoms with van der Waals surface area (Å²) in [5.74, 6) is 0.714. The molecule has 1 atom stereocenters. The van der Waals surface area contributed by atoms with Gasteiger partial charge < -0.3 is 15.0 Å². The van der Waals surface area contributed by atoms with Crippen molar-refractivity contribution in [3.05, 3.63) is 102 Å². The van der Waals surface area contributed by atoms with Crippen molar-refractivity contribution in [1.29, 1.82) is 0 Å². The summed E-state index contributed by atoms with van der Waals surface area (Å²) in [4.78, 5) is 29.2. The van der Waals surface area contributed by atoms with E-state index in [9.17, 15) is 9.59 Å². The number of para-hydroxylation sites is 1. The van der Waals surface area contributed by atoms with E-state index in [0.717, 1.165) is 42.6 Å². The van der Waals surface area contributed by atoms with Gasteiger partial charge in [0, 0.05) is 25.4 Å². The molecule has 1 aliphatic carbocycles. The Morgan fingerprint density at radius 2 is 1.41 bits per heavy atom. The smallest absolute Gasteiger partial charge is 0.243 e. The van der Waals surface area contributed by atoms with Gasteiger partial charge >= 0.3 is 0 Å². The van der Waals surface area contributed by atoms with Crippen molar-refractivity contribution in [3.8, 4) is 5.75 Å². The lowest BCUT2D eigenvalue weighted by molar-refractivity contribution is -0.141. The van der Waals surface area contributed by atoms with Gasteiger partial charge in [-0.3, -0.25) is 9.59 Å². The zero-order chi connectivity index (χ0) is 25.7. The van der Waals surface area contributed by atoms with E-state index < -0.39 is 6.04 Å². The third-order valence-corrected chi connectivity index (χ3v) is 6.97. The number of ether oxygens (including phenoxy) is 1. The molecule has 0 saturated heterocycles. The number of nitrogens with zero attached hydrogens (tertiary/aromatic N) is 1. The van der Waals surface area contributed by atoms with E-state index in [1.165, 1.54) is 6.42 Å². The zero-order valence-electron chi connectivity index (χ0n) is 21.6. The lowest BCUT2D eigenvalue weighted by Gasteiger charge is -2.33. The summed E-state index contributed by atoms with van der Waals surface area (Å²) in [6, 6.07) is 29.2. The van der Waals surface area contributed by atoms with E-state index in [4.69, 9.17) is 4.74 Å². The third-order valence-electron chi connectivity index (χ3n) is 6.97. The molecule has 1 aliphatic rings. The Kier molecular flexibility index (Phi) is 10.2. The summed E-state index contributed by atoms with van der Waals surface area (Å²) in [5.41, 5.74) is 2.06. The molecule has 194 valence electrons. The van der Waals surface area contributed by atoms with E-state index >= 15 is 0 Å².